The molecule has 0 bridgehead atoms. The van der Waals surface area contributed by atoms with Crippen molar-refractivity contribution in [2.45, 2.75) is 5.41 Å². The molecule has 0 saturated heterocycles. The number of para-hydroxylation sites is 3. The first-order valence-electron chi connectivity index (χ1n) is 26.2. The SMILES string of the molecule is c1ccc(-c2ccccc2N(c2ccc3c(c2)-c2ccccc2-c2ccccc2N3c2ccccc2)c2ccc3c(c2)C2(c4ccccc4-c4ccccc4-3)c3ccccc3-c3cc4sc5ccccc5c4cc32)cc1. The van der Waals surface area contributed by atoms with Gasteiger partial charge in [-0.05, 0) is 145 Å². The van der Waals surface area contributed by atoms with E-state index in [1.165, 1.54) is 92.5 Å². The molecular formula is C73H46N2S. The molecule has 1 spiro atoms. The number of anilines is 6. The molecule has 3 aliphatic rings. The third kappa shape index (κ3) is 6.15. The quantitative estimate of drug-likeness (QED) is 0.170. The van der Waals surface area contributed by atoms with Crippen molar-refractivity contribution < 1.29 is 0 Å². The summed E-state index contributed by atoms with van der Waals surface area (Å²) in [6.07, 6.45) is 0. The maximum absolute atomic E-state index is 2.57. The van der Waals surface area contributed by atoms with Crippen LogP contribution in [-0.2, 0) is 5.41 Å². The second-order valence-electron chi connectivity index (χ2n) is 20.3. The standard InChI is InChI=1S/C73H46N2S/c1-3-21-47(22-4-1)51-25-13-18-36-68(51)74(49-40-42-70-62(43-49)55-29-10-9-28-54(55)59-32-14-19-37-69(59)75(70)48-23-5-2-6-24-48)50-39-41-58-53-27-8-7-26-52(53)56-30-11-16-34-64(56)73(66(58)44-50)65-35-17-12-31-57(65)61-46-72-63(45-67(61)73)60-33-15-20-38-71(60)76-72/h1-46H. The molecule has 13 aromatic rings. The Kier molecular flexibility index (Phi) is 9.45. The molecular weight excluding hydrogens is 937 g/mol. The second kappa shape index (κ2) is 16.7. The maximum atomic E-state index is 2.57. The highest BCUT2D eigenvalue weighted by molar-refractivity contribution is 7.25. The smallest absolute Gasteiger partial charge is 0.0726 e. The number of benzene rings is 12. The maximum Gasteiger partial charge on any atom is 0.0726 e. The first kappa shape index (κ1) is 42.9. The molecule has 0 saturated carbocycles. The zero-order chi connectivity index (χ0) is 49.9. The molecule has 76 heavy (non-hydrogen) atoms. The van der Waals surface area contributed by atoms with Crippen molar-refractivity contribution in [2.24, 2.45) is 0 Å². The highest BCUT2D eigenvalue weighted by atomic mass is 32.1. The van der Waals surface area contributed by atoms with Crippen molar-refractivity contribution in [3.8, 4) is 66.8 Å². The van der Waals surface area contributed by atoms with Crippen LogP contribution in [0.2, 0.25) is 0 Å². The van der Waals surface area contributed by atoms with Crippen LogP contribution in [0.1, 0.15) is 22.3 Å². The Labute approximate surface area is 446 Å². The molecule has 2 nitrogen and oxygen atoms in total. The molecule has 1 unspecified atom stereocenters. The van der Waals surface area contributed by atoms with E-state index in [4.69, 9.17) is 0 Å². The summed E-state index contributed by atoms with van der Waals surface area (Å²) >= 11 is 1.90. The Morgan fingerprint density at radius 3 is 1.53 bits per heavy atom. The van der Waals surface area contributed by atoms with Crippen LogP contribution in [0.4, 0.5) is 34.1 Å². The molecule has 1 atom stereocenters. The summed E-state index contributed by atoms with van der Waals surface area (Å²) < 4.78 is 2.63. The van der Waals surface area contributed by atoms with Gasteiger partial charge in [-0.2, -0.15) is 0 Å². The lowest BCUT2D eigenvalue weighted by atomic mass is 9.65. The van der Waals surface area contributed by atoms with E-state index in [1.54, 1.807) is 0 Å². The van der Waals surface area contributed by atoms with E-state index in [1.807, 2.05) is 11.3 Å². The third-order valence-electron chi connectivity index (χ3n) is 16.4. The Morgan fingerprint density at radius 2 is 0.789 bits per heavy atom. The van der Waals surface area contributed by atoms with Crippen LogP contribution < -0.4 is 9.80 Å². The third-order valence-corrected chi connectivity index (χ3v) is 17.6. The fourth-order valence-corrected chi connectivity index (χ4v) is 14.4. The summed E-state index contributed by atoms with van der Waals surface area (Å²) in [5, 5.41) is 2.61. The summed E-state index contributed by atoms with van der Waals surface area (Å²) in [5.41, 5.74) is 25.8. The molecule has 1 aliphatic heterocycles. The fraction of sp³-hybridized carbons (Fsp3) is 0.0137. The van der Waals surface area contributed by atoms with Gasteiger partial charge in [0.25, 0.3) is 0 Å². The molecule has 0 fully saturated rings. The number of thiophene rings is 1. The largest absolute Gasteiger partial charge is 0.310 e. The average molecular weight is 983 g/mol. The molecule has 3 heteroatoms. The van der Waals surface area contributed by atoms with Gasteiger partial charge in [0.05, 0.1) is 22.5 Å². The number of nitrogens with zero attached hydrogens (tertiary/aromatic N) is 2. The van der Waals surface area contributed by atoms with E-state index in [2.05, 4.69) is 289 Å². The Balaban J connectivity index is 1.02. The fourth-order valence-electron chi connectivity index (χ4n) is 13.3. The Hall–Kier alpha value is -9.54. The van der Waals surface area contributed by atoms with Crippen LogP contribution in [0.3, 0.4) is 0 Å². The monoisotopic (exact) mass is 982 g/mol. The summed E-state index contributed by atoms with van der Waals surface area (Å²) in [6, 6.07) is 105. The molecule has 0 amide bonds. The van der Waals surface area contributed by atoms with E-state index in [0.717, 1.165) is 50.8 Å². The van der Waals surface area contributed by atoms with Crippen molar-refractivity contribution in [3.05, 3.63) is 301 Å². The predicted octanol–water partition coefficient (Wildman–Crippen LogP) is 20.3. The second-order valence-corrected chi connectivity index (χ2v) is 21.3. The van der Waals surface area contributed by atoms with Crippen LogP contribution in [0.25, 0.3) is 86.9 Å². The highest BCUT2D eigenvalue weighted by Gasteiger charge is 2.50. The molecule has 2 aliphatic carbocycles. The highest BCUT2D eigenvalue weighted by Crippen LogP contribution is 2.63. The lowest BCUT2D eigenvalue weighted by Crippen LogP contribution is -2.29. The van der Waals surface area contributed by atoms with Crippen molar-refractivity contribution in [3.63, 3.8) is 0 Å². The van der Waals surface area contributed by atoms with Crippen LogP contribution in [0, 0.1) is 0 Å². The van der Waals surface area contributed by atoms with Gasteiger partial charge in [-0.3, -0.25) is 0 Å². The lowest BCUT2D eigenvalue weighted by molar-refractivity contribution is 0.776. The molecule has 1 aromatic heterocycles. The lowest BCUT2D eigenvalue weighted by Gasteiger charge is -2.37. The van der Waals surface area contributed by atoms with Gasteiger partial charge in [0.1, 0.15) is 0 Å². The zero-order valence-electron chi connectivity index (χ0n) is 41.4. The molecule has 12 aromatic carbocycles. The van der Waals surface area contributed by atoms with Crippen LogP contribution in [0.5, 0.6) is 0 Å². The van der Waals surface area contributed by atoms with Crippen LogP contribution in [0.15, 0.2) is 279 Å². The Morgan fingerprint density at radius 1 is 0.289 bits per heavy atom. The predicted molar refractivity (Wildman–Crippen MR) is 320 cm³/mol. The minimum atomic E-state index is -0.691. The van der Waals surface area contributed by atoms with E-state index >= 15 is 0 Å². The van der Waals surface area contributed by atoms with Gasteiger partial charge in [0.15, 0.2) is 0 Å². The van der Waals surface area contributed by atoms with Gasteiger partial charge >= 0.3 is 0 Å². The first-order valence-corrected chi connectivity index (χ1v) is 27.1. The van der Waals surface area contributed by atoms with E-state index < -0.39 is 5.41 Å². The summed E-state index contributed by atoms with van der Waals surface area (Å²) in [4.78, 5) is 4.98. The molecule has 0 N–H and O–H groups in total. The van der Waals surface area contributed by atoms with Crippen LogP contribution >= 0.6 is 11.3 Å². The molecule has 16 rings (SSSR count). The molecule has 354 valence electrons. The van der Waals surface area contributed by atoms with Gasteiger partial charge in [-0.25, -0.2) is 0 Å². The number of hydrogen-bond acceptors (Lipinski definition) is 3. The average Bonchev–Trinajstić information content (AvgIpc) is 4.07. The number of hydrogen-bond donors (Lipinski definition) is 0. The number of fused-ring (bicyclic) bond motifs is 20. The molecule has 2 heterocycles. The first-order chi connectivity index (χ1) is 37.7. The summed E-state index contributed by atoms with van der Waals surface area (Å²) in [5.74, 6) is 0. The minimum Gasteiger partial charge on any atom is -0.310 e. The van der Waals surface area contributed by atoms with Crippen molar-refractivity contribution >= 4 is 65.6 Å². The normalized spacial score (nSPS) is 14.3. The van der Waals surface area contributed by atoms with Gasteiger partial charge in [-0.1, -0.05) is 206 Å². The van der Waals surface area contributed by atoms with Crippen molar-refractivity contribution in [1.82, 2.24) is 0 Å². The molecule has 0 radical (unpaired) electrons. The van der Waals surface area contributed by atoms with Gasteiger partial charge < -0.3 is 9.80 Å². The topological polar surface area (TPSA) is 6.48 Å². The summed E-state index contributed by atoms with van der Waals surface area (Å²) in [6.45, 7) is 0. The van der Waals surface area contributed by atoms with Gasteiger partial charge in [0.2, 0.25) is 0 Å². The van der Waals surface area contributed by atoms with Crippen LogP contribution in [-0.4, -0.2) is 0 Å². The van der Waals surface area contributed by atoms with Crippen molar-refractivity contribution in [2.75, 3.05) is 9.80 Å². The Bertz CT molecular complexity index is 4490. The summed E-state index contributed by atoms with van der Waals surface area (Å²) in [7, 11) is 0. The minimum absolute atomic E-state index is 0.691. The van der Waals surface area contributed by atoms with Gasteiger partial charge in [0, 0.05) is 53.9 Å². The van der Waals surface area contributed by atoms with Crippen molar-refractivity contribution in [1.29, 1.82) is 0 Å². The van der Waals surface area contributed by atoms with Gasteiger partial charge in [-0.15, -0.1) is 11.3 Å². The zero-order valence-corrected chi connectivity index (χ0v) is 42.2. The number of rotatable bonds is 5. The van der Waals surface area contributed by atoms with E-state index in [9.17, 15) is 0 Å². The van der Waals surface area contributed by atoms with E-state index in [0.29, 0.717) is 0 Å². The van der Waals surface area contributed by atoms with E-state index in [-0.39, 0.29) is 0 Å².